The molecule has 0 amide bonds. The van der Waals surface area contributed by atoms with Crippen LogP contribution in [0, 0.1) is 6.07 Å². The number of H-pyrrole nitrogens is 1. The maximum atomic E-state index is 10.5. The van der Waals surface area contributed by atoms with Gasteiger partial charge < -0.3 is 20.4 Å². The predicted molar refractivity (Wildman–Crippen MR) is 31.1 cm³/mol. The van der Waals surface area contributed by atoms with E-state index >= 15 is 0 Å². The van der Waals surface area contributed by atoms with Crippen molar-refractivity contribution in [3.05, 3.63) is 33.1 Å². The summed E-state index contributed by atoms with van der Waals surface area (Å²) in [5, 5.41) is 0. The molecule has 13 heavy (non-hydrogen) atoms. The van der Waals surface area contributed by atoms with E-state index in [9.17, 15) is 9.59 Å². The summed E-state index contributed by atoms with van der Waals surface area (Å²) in [6.07, 6.45) is 1.29. The van der Waals surface area contributed by atoms with Crippen molar-refractivity contribution >= 4 is 0 Å². The van der Waals surface area contributed by atoms with E-state index in [4.69, 9.17) is 0 Å². The van der Waals surface area contributed by atoms with Gasteiger partial charge in [0.2, 0.25) is 0 Å². The molecule has 0 aliphatic carbocycles. The monoisotopic (exact) mass is 481 g/mol. The third kappa shape index (κ3) is 9.99. The van der Waals surface area contributed by atoms with Crippen LogP contribution in [0.15, 0.2) is 15.8 Å². The fourth-order valence-electron chi connectivity index (χ4n) is 0.435. The Bertz CT molecular complexity index is 321. The van der Waals surface area contributed by atoms with Crippen LogP contribution in [-0.4, -0.2) is 9.55 Å². The van der Waals surface area contributed by atoms with Crippen molar-refractivity contribution in [1.29, 1.82) is 0 Å². The number of nitrogens with zero attached hydrogens (tertiary/aromatic N) is 1. The van der Waals surface area contributed by atoms with Crippen LogP contribution in [0.5, 0.6) is 0 Å². The molecular formula is C5H5N2O2Y4-. The number of aromatic amines is 1. The molecule has 1 aromatic rings. The molecule has 0 aliphatic heterocycles. The molecule has 0 saturated carbocycles. The summed E-state index contributed by atoms with van der Waals surface area (Å²) in [5.74, 6) is 0. The minimum absolute atomic E-state index is 0. The van der Waals surface area contributed by atoms with Gasteiger partial charge in [0, 0.05) is 138 Å². The third-order valence-electron chi connectivity index (χ3n) is 0.930. The van der Waals surface area contributed by atoms with Gasteiger partial charge in [0.15, 0.2) is 0 Å². The Hall–Kier alpha value is 3.10. The van der Waals surface area contributed by atoms with E-state index in [-0.39, 0.29) is 131 Å². The average Bonchev–Trinajstić information content (AvgIpc) is 1.80. The standard InChI is InChI=1S/C5H5N2O2.4Y/c1-7-3-2-4(8)6-5(7)9;;;;/h3H,1H3,(H,6,8,9);;;;/q-1;;;;. The van der Waals surface area contributed by atoms with Crippen molar-refractivity contribution in [3.63, 3.8) is 0 Å². The average molecular weight is 481 g/mol. The minimum atomic E-state index is -0.488. The second-order valence-electron chi connectivity index (χ2n) is 1.64. The van der Waals surface area contributed by atoms with Gasteiger partial charge in [0.25, 0.3) is 0 Å². The smallest absolute Gasteiger partial charge is 0.323 e. The first-order valence-electron chi connectivity index (χ1n) is 2.38. The second kappa shape index (κ2) is 13.2. The number of hydrogen-bond acceptors (Lipinski definition) is 2. The van der Waals surface area contributed by atoms with Gasteiger partial charge in [-0.1, -0.05) is 0 Å². The van der Waals surface area contributed by atoms with Crippen LogP contribution in [0.4, 0.5) is 0 Å². The predicted octanol–water partition coefficient (Wildman–Crippen LogP) is -1.14. The van der Waals surface area contributed by atoms with Crippen LogP contribution in [-0.2, 0) is 138 Å². The molecule has 0 bridgehead atoms. The van der Waals surface area contributed by atoms with Gasteiger partial charge in [0.1, 0.15) is 0 Å². The summed E-state index contributed by atoms with van der Waals surface area (Å²) >= 11 is 0. The molecule has 0 unspecified atom stereocenters. The fraction of sp³-hybridized carbons (Fsp3) is 0.200. The molecule has 0 fully saturated rings. The summed E-state index contributed by atoms with van der Waals surface area (Å²) < 4.78 is 1.24. The van der Waals surface area contributed by atoms with E-state index in [1.165, 1.54) is 17.8 Å². The number of aryl methyl sites for hydroxylation is 1. The Morgan fingerprint density at radius 1 is 1.23 bits per heavy atom. The van der Waals surface area contributed by atoms with E-state index < -0.39 is 11.2 Å². The van der Waals surface area contributed by atoms with Crippen molar-refractivity contribution in [2.24, 2.45) is 7.05 Å². The Labute approximate surface area is 176 Å². The molecule has 0 saturated heterocycles. The zero-order valence-electron chi connectivity index (χ0n) is 7.15. The van der Waals surface area contributed by atoms with Gasteiger partial charge in [-0.05, 0) is 0 Å². The Balaban J connectivity index is -0.000000101. The molecule has 1 aromatic heterocycles. The van der Waals surface area contributed by atoms with Crippen LogP contribution in [0.25, 0.3) is 0 Å². The first-order valence-corrected chi connectivity index (χ1v) is 2.38. The van der Waals surface area contributed by atoms with Crippen LogP contribution in [0.3, 0.4) is 0 Å². The van der Waals surface area contributed by atoms with E-state index in [1.54, 1.807) is 0 Å². The largest absolute Gasteiger partial charge is 0.387 e. The van der Waals surface area contributed by atoms with Gasteiger partial charge in [-0.3, -0.25) is 0 Å². The van der Waals surface area contributed by atoms with Crippen LogP contribution < -0.4 is 11.2 Å². The van der Waals surface area contributed by atoms with Crippen molar-refractivity contribution in [2.45, 2.75) is 0 Å². The molecule has 0 aliphatic rings. The SMILES string of the molecule is Cn1c[c-]c(=O)[nH]c1=O.[Y].[Y].[Y].[Y]. The van der Waals surface area contributed by atoms with Gasteiger partial charge >= 0.3 is 5.69 Å². The molecule has 8 heteroatoms. The summed E-state index contributed by atoms with van der Waals surface area (Å²) in [7, 11) is 1.54. The topological polar surface area (TPSA) is 54.9 Å². The molecule has 1 heterocycles. The number of aromatic nitrogens is 2. The molecule has 0 spiro atoms. The maximum absolute atomic E-state index is 10.5. The second-order valence-corrected chi connectivity index (χ2v) is 1.64. The fourth-order valence-corrected chi connectivity index (χ4v) is 0.435. The van der Waals surface area contributed by atoms with E-state index in [1.807, 2.05) is 4.98 Å². The number of nitrogens with one attached hydrogen (secondary N) is 1. The van der Waals surface area contributed by atoms with Crippen molar-refractivity contribution in [2.75, 3.05) is 0 Å². The molecule has 4 nitrogen and oxygen atoms in total. The molecule has 1 N–H and O–H groups in total. The third-order valence-corrected chi connectivity index (χ3v) is 0.930. The number of hydrogen-bond donors (Lipinski definition) is 1. The van der Waals surface area contributed by atoms with E-state index in [2.05, 4.69) is 6.07 Å². The van der Waals surface area contributed by atoms with Crippen molar-refractivity contribution in [1.82, 2.24) is 9.55 Å². The van der Waals surface area contributed by atoms with Crippen LogP contribution >= 0.6 is 0 Å². The molecule has 60 valence electrons. The Morgan fingerprint density at radius 2 is 1.69 bits per heavy atom. The minimum Gasteiger partial charge on any atom is -0.387 e. The summed E-state index contributed by atoms with van der Waals surface area (Å²) in [6.45, 7) is 0. The zero-order valence-corrected chi connectivity index (χ0v) is 18.5. The molecule has 4 radical (unpaired) electrons. The van der Waals surface area contributed by atoms with Crippen molar-refractivity contribution < 1.29 is 131 Å². The van der Waals surface area contributed by atoms with Crippen molar-refractivity contribution in [3.8, 4) is 0 Å². The quantitative estimate of drug-likeness (QED) is 0.478. The van der Waals surface area contributed by atoms with Gasteiger partial charge in [-0.2, -0.15) is 6.20 Å². The molecule has 0 atom stereocenters. The Morgan fingerprint density at radius 3 is 2.00 bits per heavy atom. The Kier molecular flexibility index (Phi) is 25.4. The summed E-state index contributed by atoms with van der Waals surface area (Å²) in [4.78, 5) is 22.9. The molecular weight excluding hydrogens is 476 g/mol. The molecule has 0 aromatic carbocycles. The first-order chi connectivity index (χ1) is 4.20. The van der Waals surface area contributed by atoms with Crippen LogP contribution in [0.1, 0.15) is 0 Å². The first kappa shape index (κ1) is 25.1. The van der Waals surface area contributed by atoms with Crippen LogP contribution in [0.2, 0.25) is 0 Å². The summed E-state index contributed by atoms with van der Waals surface area (Å²) in [5.41, 5.74) is -0.906. The van der Waals surface area contributed by atoms with Gasteiger partial charge in [0.05, 0.1) is 5.56 Å². The molecule has 1 rings (SSSR count). The van der Waals surface area contributed by atoms with E-state index in [0.717, 1.165) is 0 Å². The number of rotatable bonds is 0. The zero-order chi connectivity index (χ0) is 6.85. The summed E-state index contributed by atoms with van der Waals surface area (Å²) in [6, 6.07) is 2.29. The van der Waals surface area contributed by atoms with E-state index in [0.29, 0.717) is 0 Å². The maximum Gasteiger partial charge on any atom is 0.323 e. The van der Waals surface area contributed by atoms with Gasteiger partial charge in [-0.25, -0.2) is 4.79 Å². The normalized spacial score (nSPS) is 6.54. The van der Waals surface area contributed by atoms with Gasteiger partial charge in [-0.15, -0.1) is 0 Å².